The molecule has 4 aromatic rings. The number of aromatic carboxylic acids is 1. The molecule has 1 amide bonds. The van der Waals surface area contributed by atoms with E-state index in [4.69, 9.17) is 5.11 Å². The Morgan fingerprint density at radius 1 is 1.03 bits per heavy atom. The van der Waals surface area contributed by atoms with Gasteiger partial charge in [0, 0.05) is 28.7 Å². The van der Waals surface area contributed by atoms with E-state index in [1.165, 1.54) is 17.3 Å². The van der Waals surface area contributed by atoms with Crippen molar-refractivity contribution in [2.45, 2.75) is 27.3 Å². The summed E-state index contributed by atoms with van der Waals surface area (Å²) < 4.78 is 2.26. The average Bonchev–Trinajstić information content (AvgIpc) is 3.38. The Morgan fingerprint density at radius 2 is 1.75 bits per heavy atom. The van der Waals surface area contributed by atoms with Crippen molar-refractivity contribution in [2.24, 2.45) is 5.10 Å². The number of hydrogen-bond donors (Lipinski definition) is 2. The van der Waals surface area contributed by atoms with Gasteiger partial charge in [-0.1, -0.05) is 30.3 Å². The number of hydrazone groups is 1. The van der Waals surface area contributed by atoms with Crippen molar-refractivity contribution in [1.29, 1.82) is 0 Å². The monoisotopic (exact) mass is 445 g/mol. The van der Waals surface area contributed by atoms with Crippen LogP contribution in [0.4, 0.5) is 0 Å². The van der Waals surface area contributed by atoms with E-state index in [1.807, 2.05) is 30.3 Å². The molecule has 2 N–H and O–H groups in total. The molecule has 6 nitrogen and oxygen atoms in total. The van der Waals surface area contributed by atoms with E-state index in [2.05, 4.69) is 41.1 Å². The number of rotatable bonds is 6. The molecule has 0 aliphatic carbocycles. The van der Waals surface area contributed by atoms with Gasteiger partial charge in [0.2, 0.25) is 0 Å². The zero-order chi connectivity index (χ0) is 22.8. The van der Waals surface area contributed by atoms with Gasteiger partial charge in [0.15, 0.2) is 0 Å². The number of fused-ring (bicyclic) bond motifs is 1. The Balaban J connectivity index is 1.57. The van der Waals surface area contributed by atoms with Gasteiger partial charge in [-0.3, -0.25) is 4.79 Å². The number of hydrogen-bond acceptors (Lipinski definition) is 4. The van der Waals surface area contributed by atoms with Gasteiger partial charge in [0.1, 0.15) is 4.88 Å². The molecule has 162 valence electrons. The summed E-state index contributed by atoms with van der Waals surface area (Å²) in [6.07, 6.45) is 0. The first-order valence-corrected chi connectivity index (χ1v) is 11.0. The smallest absolute Gasteiger partial charge is 0.345 e. The van der Waals surface area contributed by atoms with Crippen LogP contribution in [0.25, 0.3) is 10.9 Å². The summed E-state index contributed by atoms with van der Waals surface area (Å²) in [7, 11) is 0. The first-order chi connectivity index (χ1) is 15.3. The summed E-state index contributed by atoms with van der Waals surface area (Å²) in [5.41, 5.74) is 8.27. The van der Waals surface area contributed by atoms with Crippen LogP contribution in [-0.2, 0) is 6.54 Å². The summed E-state index contributed by atoms with van der Waals surface area (Å²) in [5, 5.41) is 14.3. The number of carbonyl (C=O) groups excluding carboxylic acids is 1. The van der Waals surface area contributed by atoms with Crippen LogP contribution in [0.15, 0.2) is 65.8 Å². The molecule has 0 unspecified atom stereocenters. The SMILES string of the molecule is CC(=NNC(=O)c1ccc2c(c1)c(C)c(C)n2Cc1ccccc1)c1ccc(C(=O)O)s1. The van der Waals surface area contributed by atoms with Crippen molar-refractivity contribution in [3.8, 4) is 0 Å². The van der Waals surface area contributed by atoms with Crippen LogP contribution in [-0.4, -0.2) is 27.3 Å². The number of benzene rings is 2. The number of aromatic nitrogens is 1. The molecule has 2 aromatic carbocycles. The van der Waals surface area contributed by atoms with E-state index in [-0.39, 0.29) is 10.8 Å². The Morgan fingerprint density at radius 3 is 2.44 bits per heavy atom. The number of thiophene rings is 1. The lowest BCUT2D eigenvalue weighted by Gasteiger charge is -2.09. The van der Waals surface area contributed by atoms with E-state index < -0.39 is 5.97 Å². The highest BCUT2D eigenvalue weighted by molar-refractivity contribution is 7.15. The molecule has 0 aliphatic rings. The maximum atomic E-state index is 12.7. The Kier molecular flexibility index (Phi) is 5.92. The molecule has 0 bridgehead atoms. The largest absolute Gasteiger partial charge is 0.477 e. The molecule has 4 rings (SSSR count). The molecular weight excluding hydrogens is 422 g/mol. The van der Waals surface area contributed by atoms with Crippen LogP contribution in [0, 0.1) is 13.8 Å². The second-order valence-corrected chi connectivity index (χ2v) is 8.71. The van der Waals surface area contributed by atoms with Gasteiger partial charge >= 0.3 is 5.97 Å². The number of nitrogens with one attached hydrogen (secondary N) is 1. The Bertz CT molecular complexity index is 1350. The fraction of sp³-hybridized carbons (Fsp3) is 0.160. The number of aryl methyl sites for hydroxylation is 1. The van der Waals surface area contributed by atoms with Crippen molar-refractivity contribution in [3.63, 3.8) is 0 Å². The van der Waals surface area contributed by atoms with Crippen LogP contribution in [0.2, 0.25) is 0 Å². The molecule has 2 aromatic heterocycles. The van der Waals surface area contributed by atoms with E-state index in [0.29, 0.717) is 16.2 Å². The lowest BCUT2D eigenvalue weighted by atomic mass is 10.1. The predicted octanol–water partition coefficient (Wildman–Crippen LogP) is 5.22. The average molecular weight is 446 g/mol. The van der Waals surface area contributed by atoms with Gasteiger partial charge in [0.05, 0.1) is 10.6 Å². The molecule has 0 spiro atoms. The second kappa shape index (κ2) is 8.80. The first kappa shape index (κ1) is 21.5. The second-order valence-electron chi connectivity index (χ2n) is 7.62. The van der Waals surface area contributed by atoms with Gasteiger partial charge < -0.3 is 9.67 Å². The molecule has 7 heteroatoms. The molecule has 32 heavy (non-hydrogen) atoms. The number of carboxylic acids is 1. The minimum absolute atomic E-state index is 0.234. The fourth-order valence-corrected chi connectivity index (χ4v) is 4.45. The first-order valence-electron chi connectivity index (χ1n) is 10.2. The van der Waals surface area contributed by atoms with Gasteiger partial charge in [-0.05, 0) is 62.2 Å². The van der Waals surface area contributed by atoms with E-state index in [0.717, 1.165) is 34.3 Å². The van der Waals surface area contributed by atoms with Gasteiger partial charge in [0.25, 0.3) is 5.91 Å². The molecule has 0 saturated carbocycles. The van der Waals surface area contributed by atoms with Crippen molar-refractivity contribution in [2.75, 3.05) is 0 Å². The Labute approximate surface area is 189 Å². The zero-order valence-electron chi connectivity index (χ0n) is 18.0. The predicted molar refractivity (Wildman–Crippen MR) is 128 cm³/mol. The van der Waals surface area contributed by atoms with Crippen LogP contribution in [0.1, 0.15) is 48.7 Å². The van der Waals surface area contributed by atoms with Crippen molar-refractivity contribution in [1.82, 2.24) is 9.99 Å². The summed E-state index contributed by atoms with van der Waals surface area (Å²) in [6.45, 7) is 6.67. The molecule has 2 heterocycles. The molecule has 0 radical (unpaired) electrons. The van der Waals surface area contributed by atoms with Crippen LogP contribution in [0.3, 0.4) is 0 Å². The van der Waals surface area contributed by atoms with Crippen LogP contribution >= 0.6 is 11.3 Å². The van der Waals surface area contributed by atoms with Gasteiger partial charge in [-0.25, -0.2) is 10.2 Å². The third-order valence-electron chi connectivity index (χ3n) is 5.58. The number of carboxylic acid groups (broad SMARTS) is 1. The summed E-state index contributed by atoms with van der Waals surface area (Å²) >= 11 is 1.12. The molecule has 0 atom stereocenters. The fourth-order valence-electron chi connectivity index (χ4n) is 3.66. The number of nitrogens with zero attached hydrogens (tertiary/aromatic N) is 2. The van der Waals surface area contributed by atoms with Gasteiger partial charge in [-0.15, -0.1) is 11.3 Å². The van der Waals surface area contributed by atoms with Crippen LogP contribution < -0.4 is 5.43 Å². The normalized spacial score (nSPS) is 11.7. The highest BCUT2D eigenvalue weighted by atomic mass is 32.1. The standard InChI is InChI=1S/C25H23N3O3S/c1-15-17(3)28(14-18-7-5-4-6-8-18)21-10-9-19(13-20(15)21)24(29)27-26-16(2)22-11-12-23(32-22)25(30)31/h4-13H,14H2,1-3H3,(H,27,29)(H,30,31). The summed E-state index contributed by atoms with van der Waals surface area (Å²) in [5.74, 6) is -1.29. The quantitative estimate of drug-likeness (QED) is 0.315. The third kappa shape index (κ3) is 4.20. The van der Waals surface area contributed by atoms with Crippen molar-refractivity contribution >= 4 is 39.8 Å². The highest BCUT2D eigenvalue weighted by Gasteiger charge is 2.15. The lowest BCUT2D eigenvalue weighted by Crippen LogP contribution is -2.19. The molecular formula is C25H23N3O3S. The number of carbonyl (C=O) groups is 2. The minimum atomic E-state index is -0.976. The van der Waals surface area contributed by atoms with Crippen molar-refractivity contribution in [3.05, 3.63) is 92.8 Å². The lowest BCUT2D eigenvalue weighted by molar-refractivity contribution is 0.0702. The molecule has 0 aliphatic heterocycles. The zero-order valence-corrected chi connectivity index (χ0v) is 18.9. The Hall–Kier alpha value is -3.71. The highest BCUT2D eigenvalue weighted by Crippen LogP contribution is 2.27. The molecule has 0 saturated heterocycles. The maximum Gasteiger partial charge on any atom is 0.345 e. The van der Waals surface area contributed by atoms with Crippen molar-refractivity contribution < 1.29 is 14.7 Å². The number of amides is 1. The van der Waals surface area contributed by atoms with E-state index in [9.17, 15) is 9.59 Å². The molecule has 0 fully saturated rings. The third-order valence-corrected chi connectivity index (χ3v) is 6.77. The topological polar surface area (TPSA) is 83.7 Å². The summed E-state index contributed by atoms with van der Waals surface area (Å²) in [4.78, 5) is 24.7. The summed E-state index contributed by atoms with van der Waals surface area (Å²) in [6, 6.07) is 19.2. The van der Waals surface area contributed by atoms with E-state index >= 15 is 0 Å². The maximum absolute atomic E-state index is 12.7. The minimum Gasteiger partial charge on any atom is -0.477 e. The van der Waals surface area contributed by atoms with E-state index in [1.54, 1.807) is 19.1 Å². The van der Waals surface area contributed by atoms with Gasteiger partial charge in [-0.2, -0.15) is 5.10 Å². The van der Waals surface area contributed by atoms with Crippen LogP contribution in [0.5, 0.6) is 0 Å².